The van der Waals surface area contributed by atoms with Gasteiger partial charge in [-0.05, 0) is 50.5 Å². The number of nitrogens with zero attached hydrogens (tertiary/aromatic N) is 3. The predicted octanol–water partition coefficient (Wildman–Crippen LogP) is 1.27. The molecule has 2 aromatic rings. The number of benzene rings is 1. The third-order valence-electron chi connectivity index (χ3n) is 6.52. The molecule has 1 saturated heterocycles. The van der Waals surface area contributed by atoms with Crippen molar-refractivity contribution in [1.82, 2.24) is 15.3 Å². The quantitative estimate of drug-likeness (QED) is 0.340. The second-order valence-corrected chi connectivity index (χ2v) is 11.5. The number of rotatable bonds is 10. The van der Waals surface area contributed by atoms with Crippen molar-refractivity contribution in [2.24, 2.45) is 0 Å². The highest BCUT2D eigenvalue weighted by Crippen LogP contribution is 2.53. The van der Waals surface area contributed by atoms with Gasteiger partial charge in [-0.3, -0.25) is 0 Å². The molecule has 2 fully saturated rings. The molecule has 0 spiro atoms. The lowest BCUT2D eigenvalue weighted by Gasteiger charge is -2.34. The third-order valence-corrected chi connectivity index (χ3v) is 9.05. The Morgan fingerprint density at radius 2 is 1.94 bits per heavy atom. The average molecular weight is 520 g/mol. The molecular weight excluding hydrogens is 486 g/mol. The van der Waals surface area contributed by atoms with Gasteiger partial charge >= 0.3 is 6.03 Å². The fourth-order valence-electron chi connectivity index (χ4n) is 4.33. The number of aliphatic hydroxyl groups excluding tert-OH is 2. The molecule has 4 N–H and O–H groups in total. The van der Waals surface area contributed by atoms with Gasteiger partial charge in [-0.25, -0.2) is 23.2 Å². The van der Waals surface area contributed by atoms with Crippen LogP contribution in [0.3, 0.4) is 0 Å². The summed E-state index contributed by atoms with van der Waals surface area (Å²) in [5.74, 6) is 0.725. The zero-order valence-corrected chi connectivity index (χ0v) is 21.1. The summed E-state index contributed by atoms with van der Waals surface area (Å²) >= 11 is 0. The SMILES string of the molecule is C[C@H]1COCCN1c1cc(C2(S(=O)(=O)CCO)CC2)nc(-c2ccc(NC(=O)NCCCO)cc2)n1. The maximum absolute atomic E-state index is 13.0. The molecule has 196 valence electrons. The number of aromatic nitrogens is 2. The molecule has 11 nitrogen and oxygen atoms in total. The normalized spacial score (nSPS) is 19.1. The smallest absolute Gasteiger partial charge is 0.319 e. The van der Waals surface area contributed by atoms with Gasteiger partial charge in [-0.2, -0.15) is 0 Å². The Kier molecular flexibility index (Phi) is 8.08. The number of sulfone groups is 1. The van der Waals surface area contributed by atoms with Crippen LogP contribution < -0.4 is 15.5 Å². The fraction of sp³-hybridized carbons (Fsp3) is 0.542. The minimum Gasteiger partial charge on any atom is -0.396 e. The van der Waals surface area contributed by atoms with Crippen LogP contribution in [0.15, 0.2) is 30.3 Å². The van der Waals surface area contributed by atoms with Crippen LogP contribution in [0.25, 0.3) is 11.4 Å². The topological polar surface area (TPSA) is 154 Å². The Morgan fingerprint density at radius 1 is 1.19 bits per heavy atom. The van der Waals surface area contributed by atoms with Gasteiger partial charge in [0.05, 0.1) is 37.3 Å². The summed E-state index contributed by atoms with van der Waals surface area (Å²) in [4.78, 5) is 23.6. The number of carbonyl (C=O) groups excluding carboxylic acids is 1. The zero-order valence-electron chi connectivity index (χ0n) is 20.3. The average Bonchev–Trinajstić information content (AvgIpc) is 3.68. The van der Waals surface area contributed by atoms with Crippen molar-refractivity contribution in [1.29, 1.82) is 0 Å². The maximum atomic E-state index is 13.0. The third kappa shape index (κ3) is 5.61. The van der Waals surface area contributed by atoms with Crippen molar-refractivity contribution in [2.45, 2.75) is 37.0 Å². The second-order valence-electron chi connectivity index (χ2n) is 9.12. The van der Waals surface area contributed by atoms with Crippen LogP contribution in [0.4, 0.5) is 16.3 Å². The molecule has 1 saturated carbocycles. The van der Waals surface area contributed by atoms with Gasteiger partial charge in [0, 0.05) is 37.0 Å². The van der Waals surface area contributed by atoms with Gasteiger partial charge in [-0.1, -0.05) is 0 Å². The molecule has 2 amide bonds. The summed E-state index contributed by atoms with van der Waals surface area (Å²) in [6, 6.07) is 8.46. The number of morpholine rings is 1. The lowest BCUT2D eigenvalue weighted by molar-refractivity contribution is 0.0985. The Morgan fingerprint density at radius 3 is 2.58 bits per heavy atom. The van der Waals surface area contributed by atoms with Crippen LogP contribution in [0, 0.1) is 0 Å². The van der Waals surface area contributed by atoms with E-state index in [0.717, 1.165) is 0 Å². The first kappa shape index (κ1) is 26.3. The second kappa shape index (κ2) is 11.1. The Hall–Kier alpha value is -2.80. The number of hydrogen-bond donors (Lipinski definition) is 4. The highest BCUT2D eigenvalue weighted by Gasteiger charge is 2.57. The largest absolute Gasteiger partial charge is 0.396 e. The van der Waals surface area contributed by atoms with Gasteiger partial charge in [0.15, 0.2) is 15.7 Å². The van der Waals surface area contributed by atoms with E-state index in [1.165, 1.54) is 0 Å². The van der Waals surface area contributed by atoms with Crippen LogP contribution in [0.2, 0.25) is 0 Å². The minimum atomic E-state index is -3.60. The zero-order chi connectivity index (χ0) is 25.8. The molecule has 2 heterocycles. The van der Waals surface area contributed by atoms with E-state index in [9.17, 15) is 18.3 Å². The molecule has 0 bridgehead atoms. The van der Waals surface area contributed by atoms with E-state index in [4.69, 9.17) is 19.8 Å². The number of urea groups is 1. The van der Waals surface area contributed by atoms with Crippen LogP contribution in [0.5, 0.6) is 0 Å². The summed E-state index contributed by atoms with van der Waals surface area (Å²) in [6.45, 7) is 3.69. The summed E-state index contributed by atoms with van der Waals surface area (Å²) < 4.78 is 30.5. The first-order valence-electron chi connectivity index (χ1n) is 12.1. The predicted molar refractivity (Wildman–Crippen MR) is 136 cm³/mol. The molecule has 2 aliphatic rings. The molecule has 0 unspecified atom stereocenters. The van der Waals surface area contributed by atoms with Crippen LogP contribution in [0.1, 0.15) is 31.9 Å². The maximum Gasteiger partial charge on any atom is 0.319 e. The number of anilines is 2. The van der Waals surface area contributed by atoms with Crippen molar-refractivity contribution in [3.63, 3.8) is 0 Å². The molecule has 0 radical (unpaired) electrons. The Labute approximate surface area is 210 Å². The Balaban J connectivity index is 1.66. The van der Waals surface area contributed by atoms with E-state index >= 15 is 0 Å². The molecule has 12 heteroatoms. The van der Waals surface area contributed by atoms with Crippen molar-refractivity contribution in [3.05, 3.63) is 36.0 Å². The van der Waals surface area contributed by atoms with Crippen molar-refractivity contribution >= 4 is 27.4 Å². The lowest BCUT2D eigenvalue weighted by Crippen LogP contribution is -2.44. The molecule has 1 aliphatic heterocycles. The van der Waals surface area contributed by atoms with Gasteiger partial charge in [0.1, 0.15) is 10.6 Å². The van der Waals surface area contributed by atoms with Gasteiger partial charge in [0.2, 0.25) is 0 Å². The molecule has 1 aromatic carbocycles. The van der Waals surface area contributed by atoms with Crippen LogP contribution >= 0.6 is 0 Å². The highest BCUT2D eigenvalue weighted by atomic mass is 32.2. The standard InChI is InChI=1S/C24H33N5O6S/c1-17-16-35-13-10-29(17)21-15-20(24(7-8-24)36(33,34)14-12-31)27-22(28-21)18-3-5-19(6-4-18)26-23(32)25-9-2-11-30/h3-6,15,17,30-31H,2,7-14,16H2,1H3,(H2,25,26,32)/t17-/m0/s1. The first-order valence-corrected chi connectivity index (χ1v) is 13.8. The number of carbonyl (C=O) groups is 1. The number of ether oxygens (including phenoxy) is 1. The number of hydrogen-bond acceptors (Lipinski definition) is 9. The molecule has 4 rings (SSSR count). The minimum absolute atomic E-state index is 0.00183. The van der Waals surface area contributed by atoms with E-state index < -0.39 is 21.2 Å². The molecule has 1 atom stereocenters. The summed E-state index contributed by atoms with van der Waals surface area (Å²) in [5, 5.41) is 23.6. The summed E-state index contributed by atoms with van der Waals surface area (Å²) in [6.07, 6.45) is 1.38. The first-order chi connectivity index (χ1) is 17.3. The molecular formula is C24H33N5O6S. The van der Waals surface area contributed by atoms with E-state index in [-0.39, 0.29) is 24.4 Å². The van der Waals surface area contributed by atoms with E-state index in [0.29, 0.717) is 74.2 Å². The van der Waals surface area contributed by atoms with Crippen LogP contribution in [-0.4, -0.2) is 85.9 Å². The monoisotopic (exact) mass is 519 g/mol. The summed E-state index contributed by atoms with van der Waals surface area (Å²) in [5.41, 5.74) is 1.70. The van der Waals surface area contributed by atoms with Gasteiger partial charge < -0.3 is 30.5 Å². The van der Waals surface area contributed by atoms with Crippen LogP contribution in [-0.2, 0) is 19.3 Å². The lowest BCUT2D eigenvalue weighted by atomic mass is 10.1. The van der Waals surface area contributed by atoms with E-state index in [1.807, 2.05) is 6.92 Å². The van der Waals surface area contributed by atoms with E-state index in [2.05, 4.69) is 15.5 Å². The molecule has 1 aliphatic carbocycles. The number of aliphatic hydroxyl groups is 2. The molecule has 1 aromatic heterocycles. The Bertz CT molecular complexity index is 1170. The fourth-order valence-corrected chi connectivity index (χ4v) is 6.10. The van der Waals surface area contributed by atoms with Crippen molar-refractivity contribution in [2.75, 3.05) is 55.5 Å². The highest BCUT2D eigenvalue weighted by molar-refractivity contribution is 7.92. The van der Waals surface area contributed by atoms with Gasteiger partial charge in [0.25, 0.3) is 0 Å². The summed E-state index contributed by atoms with van der Waals surface area (Å²) in [7, 11) is -3.60. The van der Waals surface area contributed by atoms with Crippen molar-refractivity contribution in [3.8, 4) is 11.4 Å². The number of amides is 2. The van der Waals surface area contributed by atoms with Gasteiger partial charge in [-0.15, -0.1) is 0 Å². The van der Waals surface area contributed by atoms with Crippen molar-refractivity contribution < 1.29 is 28.2 Å². The number of nitrogens with one attached hydrogen (secondary N) is 2. The van der Waals surface area contributed by atoms with E-state index in [1.54, 1.807) is 30.3 Å². The molecule has 36 heavy (non-hydrogen) atoms.